The Kier molecular flexibility index (Phi) is 6.34. The largest absolute Gasteiger partial charge is 0.493 e. The second-order valence-electron chi connectivity index (χ2n) is 5.24. The second-order valence-corrected chi connectivity index (χ2v) is 5.64. The molecule has 0 radical (unpaired) electrons. The Morgan fingerprint density at radius 2 is 1.88 bits per heavy atom. The highest BCUT2D eigenvalue weighted by Crippen LogP contribution is 2.30. The van der Waals surface area contributed by atoms with Gasteiger partial charge in [-0.2, -0.15) is 8.78 Å². The maximum absolute atomic E-state index is 13.8. The number of ether oxygens (including phenoxy) is 2. The molecule has 0 saturated heterocycles. The lowest BCUT2D eigenvalue weighted by Gasteiger charge is -2.19. The number of halogens is 4. The highest BCUT2D eigenvalue weighted by atomic mass is 35.5. The molecule has 0 amide bonds. The first kappa shape index (κ1) is 18.4. The fraction of sp³-hybridized carbons (Fsp3) is 0.294. The van der Waals surface area contributed by atoms with E-state index in [0.717, 1.165) is 5.56 Å². The standard InChI is InChI=1S/C17H17ClF3NO2/c1-22(10-12-13(18)4-3-5-14(12)19)9-11-6-7-15(23-2)16(8-11)24-17(20)21/h3-8,17H,9-10H2,1-2H3. The van der Waals surface area contributed by atoms with E-state index in [-0.39, 0.29) is 23.9 Å². The van der Waals surface area contributed by atoms with Crippen molar-refractivity contribution in [3.05, 3.63) is 58.4 Å². The van der Waals surface area contributed by atoms with E-state index in [1.807, 2.05) is 4.90 Å². The van der Waals surface area contributed by atoms with Gasteiger partial charge in [-0.3, -0.25) is 4.90 Å². The Hall–Kier alpha value is -1.92. The van der Waals surface area contributed by atoms with Crippen molar-refractivity contribution in [2.24, 2.45) is 0 Å². The number of alkyl halides is 2. The van der Waals surface area contributed by atoms with Gasteiger partial charge in [-0.05, 0) is 36.9 Å². The van der Waals surface area contributed by atoms with Crippen LogP contribution < -0.4 is 9.47 Å². The molecule has 0 unspecified atom stereocenters. The van der Waals surface area contributed by atoms with Crippen LogP contribution in [0.25, 0.3) is 0 Å². The number of hydrogen-bond donors (Lipinski definition) is 0. The van der Waals surface area contributed by atoms with Crippen molar-refractivity contribution in [3.63, 3.8) is 0 Å². The molecule has 0 saturated carbocycles. The van der Waals surface area contributed by atoms with Gasteiger partial charge in [0.2, 0.25) is 0 Å². The van der Waals surface area contributed by atoms with Crippen LogP contribution in [-0.2, 0) is 13.1 Å². The van der Waals surface area contributed by atoms with Gasteiger partial charge in [0.25, 0.3) is 0 Å². The smallest absolute Gasteiger partial charge is 0.387 e. The summed E-state index contributed by atoms with van der Waals surface area (Å²) in [6.45, 7) is -2.26. The molecule has 0 bridgehead atoms. The van der Waals surface area contributed by atoms with Crippen LogP contribution in [-0.4, -0.2) is 25.7 Å². The normalized spacial score (nSPS) is 11.2. The van der Waals surface area contributed by atoms with E-state index in [0.29, 0.717) is 17.1 Å². The molecule has 130 valence electrons. The van der Waals surface area contributed by atoms with Gasteiger partial charge in [-0.25, -0.2) is 4.39 Å². The quantitative estimate of drug-likeness (QED) is 0.714. The van der Waals surface area contributed by atoms with Crippen LogP contribution in [0.15, 0.2) is 36.4 Å². The number of benzene rings is 2. The predicted octanol–water partition coefficient (Wildman–Crippen LogP) is 4.72. The zero-order valence-electron chi connectivity index (χ0n) is 13.2. The first-order valence-electron chi connectivity index (χ1n) is 7.14. The van der Waals surface area contributed by atoms with Gasteiger partial charge in [0.05, 0.1) is 7.11 Å². The third kappa shape index (κ3) is 4.79. The Morgan fingerprint density at radius 3 is 2.50 bits per heavy atom. The molecule has 2 aromatic carbocycles. The maximum Gasteiger partial charge on any atom is 0.387 e. The van der Waals surface area contributed by atoms with E-state index >= 15 is 0 Å². The predicted molar refractivity (Wildman–Crippen MR) is 86.2 cm³/mol. The summed E-state index contributed by atoms with van der Waals surface area (Å²) in [7, 11) is 3.15. The molecule has 0 aromatic heterocycles. The molecule has 2 aromatic rings. The lowest BCUT2D eigenvalue weighted by Crippen LogP contribution is -2.18. The Balaban J connectivity index is 2.12. The minimum absolute atomic E-state index is 0.0395. The van der Waals surface area contributed by atoms with Crippen LogP contribution in [0.1, 0.15) is 11.1 Å². The molecule has 0 fully saturated rings. The molecule has 0 aliphatic heterocycles. The van der Waals surface area contributed by atoms with E-state index in [4.69, 9.17) is 16.3 Å². The summed E-state index contributed by atoms with van der Waals surface area (Å²) in [6.07, 6.45) is 0. The van der Waals surface area contributed by atoms with E-state index in [1.165, 1.54) is 19.2 Å². The van der Waals surface area contributed by atoms with Gasteiger partial charge in [-0.1, -0.05) is 23.7 Å². The fourth-order valence-corrected chi connectivity index (χ4v) is 2.55. The molecule has 3 nitrogen and oxygen atoms in total. The van der Waals surface area contributed by atoms with Gasteiger partial charge in [0, 0.05) is 23.7 Å². The lowest BCUT2D eigenvalue weighted by atomic mass is 10.1. The van der Waals surface area contributed by atoms with Crippen LogP contribution in [0.4, 0.5) is 13.2 Å². The van der Waals surface area contributed by atoms with Crippen LogP contribution in [0, 0.1) is 5.82 Å². The van der Waals surface area contributed by atoms with Gasteiger partial charge < -0.3 is 9.47 Å². The van der Waals surface area contributed by atoms with Crippen molar-refractivity contribution in [1.29, 1.82) is 0 Å². The summed E-state index contributed by atoms with van der Waals surface area (Å²) < 4.78 is 48.2. The van der Waals surface area contributed by atoms with Crippen LogP contribution in [0.2, 0.25) is 5.02 Å². The minimum Gasteiger partial charge on any atom is -0.493 e. The van der Waals surface area contributed by atoms with E-state index < -0.39 is 6.61 Å². The summed E-state index contributed by atoms with van der Waals surface area (Å²) in [5, 5.41) is 0.346. The number of nitrogens with zero attached hydrogens (tertiary/aromatic N) is 1. The van der Waals surface area contributed by atoms with Gasteiger partial charge >= 0.3 is 6.61 Å². The van der Waals surface area contributed by atoms with Crippen molar-refractivity contribution in [3.8, 4) is 11.5 Å². The molecule has 0 atom stereocenters. The summed E-state index contributed by atoms with van der Waals surface area (Å²) in [5.41, 5.74) is 1.11. The average Bonchev–Trinajstić information content (AvgIpc) is 2.51. The fourth-order valence-electron chi connectivity index (χ4n) is 2.33. The topological polar surface area (TPSA) is 21.7 Å². The Labute approximate surface area is 143 Å². The molecule has 0 N–H and O–H groups in total. The second kappa shape index (κ2) is 8.26. The molecule has 2 rings (SSSR count). The van der Waals surface area contributed by atoms with E-state index in [9.17, 15) is 13.2 Å². The summed E-state index contributed by atoms with van der Waals surface area (Å²) >= 11 is 6.01. The number of hydrogen-bond acceptors (Lipinski definition) is 3. The molecule has 0 aliphatic rings. The van der Waals surface area contributed by atoms with Gasteiger partial charge in [-0.15, -0.1) is 0 Å². The van der Waals surface area contributed by atoms with Gasteiger partial charge in [0.1, 0.15) is 5.82 Å². The molecular weight excluding hydrogens is 343 g/mol. The lowest BCUT2D eigenvalue weighted by molar-refractivity contribution is -0.0512. The Bertz CT molecular complexity index is 677. The van der Waals surface area contributed by atoms with Crippen molar-refractivity contribution < 1.29 is 22.6 Å². The summed E-state index contributed by atoms with van der Waals surface area (Å²) in [6, 6.07) is 9.27. The monoisotopic (exact) mass is 359 g/mol. The number of methoxy groups -OCH3 is 1. The van der Waals surface area contributed by atoms with Crippen LogP contribution >= 0.6 is 11.6 Å². The zero-order chi connectivity index (χ0) is 17.7. The third-order valence-corrected chi connectivity index (χ3v) is 3.74. The van der Waals surface area contributed by atoms with Crippen molar-refractivity contribution in [2.75, 3.05) is 14.2 Å². The molecule has 0 spiro atoms. The first-order valence-corrected chi connectivity index (χ1v) is 7.51. The molecular formula is C17H17ClF3NO2. The molecule has 0 aliphatic carbocycles. The molecule has 0 heterocycles. The summed E-state index contributed by atoms with van der Waals surface area (Å²) in [5.74, 6) is -0.202. The first-order chi connectivity index (χ1) is 11.4. The molecule has 24 heavy (non-hydrogen) atoms. The summed E-state index contributed by atoms with van der Waals surface area (Å²) in [4.78, 5) is 1.82. The van der Waals surface area contributed by atoms with E-state index in [1.54, 1.807) is 31.3 Å². The van der Waals surface area contributed by atoms with Crippen LogP contribution in [0.5, 0.6) is 11.5 Å². The van der Waals surface area contributed by atoms with Crippen molar-refractivity contribution >= 4 is 11.6 Å². The third-order valence-electron chi connectivity index (χ3n) is 3.39. The zero-order valence-corrected chi connectivity index (χ0v) is 14.0. The Morgan fingerprint density at radius 1 is 1.12 bits per heavy atom. The van der Waals surface area contributed by atoms with Crippen molar-refractivity contribution in [2.45, 2.75) is 19.7 Å². The SMILES string of the molecule is COc1ccc(CN(C)Cc2c(F)cccc2Cl)cc1OC(F)F. The van der Waals surface area contributed by atoms with Crippen LogP contribution in [0.3, 0.4) is 0 Å². The highest BCUT2D eigenvalue weighted by molar-refractivity contribution is 6.31. The average molecular weight is 360 g/mol. The van der Waals surface area contributed by atoms with Gasteiger partial charge in [0.15, 0.2) is 11.5 Å². The maximum atomic E-state index is 13.8. The highest BCUT2D eigenvalue weighted by Gasteiger charge is 2.14. The number of rotatable bonds is 7. The molecule has 7 heteroatoms. The van der Waals surface area contributed by atoms with E-state index in [2.05, 4.69) is 4.74 Å². The minimum atomic E-state index is -2.94. The van der Waals surface area contributed by atoms with Crippen molar-refractivity contribution in [1.82, 2.24) is 4.90 Å².